The summed E-state index contributed by atoms with van der Waals surface area (Å²) in [5.41, 5.74) is 0.375. The molecule has 4 amide bonds. The Morgan fingerprint density at radius 2 is 2.00 bits per heavy atom. The fourth-order valence-electron chi connectivity index (χ4n) is 4.92. The number of aromatic nitrogens is 1. The van der Waals surface area contributed by atoms with E-state index in [0.717, 1.165) is 11.3 Å². The topological polar surface area (TPSA) is 122 Å². The molecule has 0 aliphatic carbocycles. The number of hydrogen-bond acceptors (Lipinski definition) is 8. The maximum Gasteiger partial charge on any atom is 0.586 e. The van der Waals surface area contributed by atoms with Crippen LogP contribution in [0.3, 0.4) is 0 Å². The third-order valence-electron chi connectivity index (χ3n) is 6.50. The Balaban J connectivity index is 1.26. The molecule has 1 fully saturated rings. The lowest BCUT2D eigenvalue weighted by molar-refractivity contribution is -0.286. The highest BCUT2D eigenvalue weighted by Gasteiger charge is 2.44. The number of thiophene rings is 1. The molecule has 40 heavy (non-hydrogen) atoms. The number of nitrogens with one attached hydrogen (secondary N) is 2. The van der Waals surface area contributed by atoms with Gasteiger partial charge in [0.15, 0.2) is 11.5 Å². The van der Waals surface area contributed by atoms with E-state index in [9.17, 15) is 23.2 Å². The van der Waals surface area contributed by atoms with Crippen LogP contribution in [0.25, 0.3) is 10.2 Å². The third-order valence-corrected chi connectivity index (χ3v) is 7.60. The molecule has 3 aliphatic heterocycles. The summed E-state index contributed by atoms with van der Waals surface area (Å²) in [4.78, 5) is 47.3. The van der Waals surface area contributed by atoms with Crippen LogP contribution in [0, 0.1) is 0 Å². The van der Waals surface area contributed by atoms with Crippen molar-refractivity contribution in [3.05, 3.63) is 35.3 Å². The Labute approximate surface area is 231 Å². The van der Waals surface area contributed by atoms with E-state index < -0.39 is 29.9 Å². The lowest BCUT2D eigenvalue weighted by Gasteiger charge is -2.34. The van der Waals surface area contributed by atoms with Crippen LogP contribution in [0.2, 0.25) is 0 Å². The molecule has 3 aromatic rings. The zero-order chi connectivity index (χ0) is 28.4. The van der Waals surface area contributed by atoms with Gasteiger partial charge in [-0.2, -0.15) is 0 Å². The number of anilines is 3. The number of nitrogens with zero attached hydrogens (tertiary/aromatic N) is 3. The van der Waals surface area contributed by atoms with Crippen LogP contribution < -0.4 is 25.0 Å². The van der Waals surface area contributed by atoms with Crippen LogP contribution in [0.4, 0.5) is 35.4 Å². The van der Waals surface area contributed by atoms with E-state index in [1.165, 1.54) is 29.3 Å². The van der Waals surface area contributed by atoms with Crippen molar-refractivity contribution in [1.29, 1.82) is 0 Å². The molecule has 0 saturated carbocycles. The first kappa shape index (κ1) is 26.0. The summed E-state index contributed by atoms with van der Waals surface area (Å²) < 4.78 is 41.5. The molecule has 1 saturated heterocycles. The number of fused-ring (bicyclic) bond motifs is 1. The van der Waals surface area contributed by atoms with Crippen molar-refractivity contribution in [1.82, 2.24) is 15.2 Å². The fourth-order valence-corrected chi connectivity index (χ4v) is 5.94. The Bertz CT molecular complexity index is 1550. The minimum absolute atomic E-state index is 0.144. The highest BCUT2D eigenvalue weighted by Crippen LogP contribution is 2.48. The summed E-state index contributed by atoms with van der Waals surface area (Å²) in [6.07, 6.45) is -1.34. The second kappa shape index (κ2) is 9.18. The largest absolute Gasteiger partial charge is 0.586 e. The molecule has 5 heterocycles. The molecule has 6 rings (SSSR count). The molecule has 0 radical (unpaired) electrons. The summed E-state index contributed by atoms with van der Waals surface area (Å²) in [6, 6.07) is 4.75. The van der Waals surface area contributed by atoms with Gasteiger partial charge in [-0.3, -0.25) is 9.69 Å². The number of pyridine rings is 1. The number of carbonyl (C=O) groups excluding carboxylic acids is 3. The number of likely N-dealkylation sites (tertiary alicyclic amines) is 1. The van der Waals surface area contributed by atoms with Crippen molar-refractivity contribution in [3.8, 4) is 11.5 Å². The number of rotatable bonds is 3. The smallest absolute Gasteiger partial charge is 0.444 e. The molecule has 14 heteroatoms. The van der Waals surface area contributed by atoms with Crippen molar-refractivity contribution >= 4 is 56.6 Å². The van der Waals surface area contributed by atoms with Crippen molar-refractivity contribution in [2.24, 2.45) is 0 Å². The van der Waals surface area contributed by atoms with Crippen molar-refractivity contribution < 1.29 is 37.4 Å². The van der Waals surface area contributed by atoms with Crippen LogP contribution in [0.1, 0.15) is 43.3 Å². The quantitative estimate of drug-likeness (QED) is 0.428. The molecule has 1 atom stereocenters. The fraction of sp³-hybridized carbons (Fsp3) is 0.385. The normalized spacial score (nSPS) is 19.4. The van der Waals surface area contributed by atoms with Crippen molar-refractivity contribution in [2.45, 2.75) is 51.6 Å². The van der Waals surface area contributed by atoms with E-state index in [2.05, 4.69) is 25.1 Å². The number of alkyl halides is 2. The Kier molecular flexibility index (Phi) is 5.98. The first-order valence-corrected chi connectivity index (χ1v) is 13.4. The van der Waals surface area contributed by atoms with Crippen molar-refractivity contribution in [2.75, 3.05) is 23.3 Å². The third kappa shape index (κ3) is 4.72. The summed E-state index contributed by atoms with van der Waals surface area (Å²) in [5, 5.41) is 6.29. The minimum atomic E-state index is -3.79. The molecule has 3 aliphatic rings. The van der Waals surface area contributed by atoms with Crippen LogP contribution >= 0.6 is 11.3 Å². The molecule has 11 nitrogen and oxygen atoms in total. The Hall–Kier alpha value is -4.20. The zero-order valence-corrected chi connectivity index (χ0v) is 22.6. The van der Waals surface area contributed by atoms with Gasteiger partial charge < -0.3 is 29.7 Å². The number of piperidine rings is 1. The van der Waals surface area contributed by atoms with Crippen LogP contribution in [-0.4, -0.2) is 58.9 Å². The van der Waals surface area contributed by atoms with E-state index in [1.807, 2.05) is 0 Å². The Morgan fingerprint density at radius 3 is 2.77 bits per heavy atom. The standard InChI is InChI=1S/C26H25F2N5O6S/c1-25(2,3)39-24(36)32-10-4-5-13(12-32)30-21(34)20-19-18-15(8-9-29-22(18)40-20)33(23(35)31-19)14-6-7-16-17(11-14)38-26(27,28)37-16/h6-9,11,13H,4-5,10,12H2,1-3H3,(H,30,34)(H,31,35)/t13-/m1/s1. The molecule has 0 unspecified atom stereocenters. The monoisotopic (exact) mass is 573 g/mol. The SMILES string of the molecule is CC(C)(C)OC(=O)N1CCC[C@@H](NC(=O)c2sc3nccc4c3c2NC(=O)N4c2ccc3c(c2)OC(F)(F)O3)C1. The Morgan fingerprint density at radius 1 is 1.23 bits per heavy atom. The molecule has 1 aromatic carbocycles. The molecule has 2 aromatic heterocycles. The predicted molar refractivity (Wildman–Crippen MR) is 142 cm³/mol. The average Bonchev–Trinajstić information content (AvgIpc) is 3.39. The lowest BCUT2D eigenvalue weighted by Crippen LogP contribution is -2.50. The highest BCUT2D eigenvalue weighted by atomic mass is 32.1. The van der Waals surface area contributed by atoms with E-state index in [4.69, 9.17) is 4.74 Å². The maximum atomic E-state index is 13.5. The second-order valence-electron chi connectivity index (χ2n) is 10.6. The molecule has 210 valence electrons. The van der Waals surface area contributed by atoms with Gasteiger partial charge in [-0.25, -0.2) is 14.6 Å². The number of ether oxygens (including phenoxy) is 3. The average molecular weight is 574 g/mol. The summed E-state index contributed by atoms with van der Waals surface area (Å²) in [5.74, 6) is -0.752. The van der Waals surface area contributed by atoms with Crippen LogP contribution in [0.15, 0.2) is 30.5 Å². The van der Waals surface area contributed by atoms with Crippen LogP contribution in [0.5, 0.6) is 11.5 Å². The van der Waals surface area contributed by atoms with E-state index in [1.54, 1.807) is 31.7 Å². The van der Waals surface area contributed by atoms with E-state index in [0.29, 0.717) is 47.5 Å². The predicted octanol–water partition coefficient (Wildman–Crippen LogP) is 5.43. The van der Waals surface area contributed by atoms with Crippen LogP contribution in [-0.2, 0) is 4.74 Å². The molecular formula is C26H25F2N5O6S. The minimum Gasteiger partial charge on any atom is -0.444 e. The van der Waals surface area contributed by atoms with Gasteiger partial charge >= 0.3 is 18.4 Å². The highest BCUT2D eigenvalue weighted by molar-refractivity contribution is 7.21. The lowest BCUT2D eigenvalue weighted by atomic mass is 10.1. The summed E-state index contributed by atoms with van der Waals surface area (Å²) in [7, 11) is 0. The van der Waals surface area contributed by atoms with Gasteiger partial charge in [0.2, 0.25) is 0 Å². The first-order valence-electron chi connectivity index (χ1n) is 12.6. The van der Waals surface area contributed by atoms with Gasteiger partial charge in [0.1, 0.15) is 15.3 Å². The number of amides is 4. The van der Waals surface area contributed by atoms with Gasteiger partial charge in [0.05, 0.1) is 22.4 Å². The summed E-state index contributed by atoms with van der Waals surface area (Å²) in [6.45, 7) is 6.22. The number of halogens is 2. The van der Waals surface area contributed by atoms with Gasteiger partial charge in [0.25, 0.3) is 5.91 Å². The van der Waals surface area contributed by atoms with Crippen molar-refractivity contribution in [3.63, 3.8) is 0 Å². The zero-order valence-electron chi connectivity index (χ0n) is 21.7. The van der Waals surface area contributed by atoms with Gasteiger partial charge in [-0.15, -0.1) is 20.1 Å². The van der Waals surface area contributed by atoms with Gasteiger partial charge in [-0.1, -0.05) is 0 Å². The maximum absolute atomic E-state index is 13.5. The van der Waals surface area contributed by atoms with E-state index in [-0.39, 0.29) is 28.1 Å². The molecule has 0 bridgehead atoms. The number of carbonyl (C=O) groups is 3. The first-order chi connectivity index (χ1) is 18.9. The molecule has 0 spiro atoms. The summed E-state index contributed by atoms with van der Waals surface area (Å²) >= 11 is 1.12. The van der Waals surface area contributed by atoms with Gasteiger partial charge in [-0.05, 0) is 51.8 Å². The van der Waals surface area contributed by atoms with E-state index >= 15 is 0 Å². The van der Waals surface area contributed by atoms with Gasteiger partial charge in [0, 0.05) is 31.4 Å². The molecule has 2 N–H and O–H groups in total. The number of urea groups is 1. The second-order valence-corrected chi connectivity index (χ2v) is 11.6. The number of benzene rings is 1. The molecular weight excluding hydrogens is 548 g/mol. The number of hydrogen-bond donors (Lipinski definition) is 2.